The number of hydrogen-bond donors (Lipinski definition) is 0. The molecule has 1 fully saturated rings. The van der Waals surface area contributed by atoms with Crippen LogP contribution in [0.15, 0.2) is 43.0 Å². The van der Waals surface area contributed by atoms with Crippen molar-refractivity contribution in [1.29, 1.82) is 0 Å². The van der Waals surface area contributed by atoms with Gasteiger partial charge in [-0.3, -0.25) is 0 Å². The molecule has 2 unspecified atom stereocenters. The van der Waals surface area contributed by atoms with Crippen molar-refractivity contribution in [2.45, 2.75) is 44.8 Å². The van der Waals surface area contributed by atoms with Crippen LogP contribution in [0.4, 0.5) is 0 Å². The van der Waals surface area contributed by atoms with Crippen molar-refractivity contribution in [1.82, 2.24) is 14.8 Å². The van der Waals surface area contributed by atoms with Gasteiger partial charge in [0.1, 0.15) is 25.3 Å². The minimum atomic E-state index is -0.860. The molecule has 0 bridgehead atoms. The van der Waals surface area contributed by atoms with Gasteiger partial charge in [0.25, 0.3) is 0 Å². The van der Waals surface area contributed by atoms with Crippen LogP contribution in [0, 0.1) is 0 Å². The normalized spacial score (nSPS) is 24.9. The highest BCUT2D eigenvalue weighted by molar-refractivity contribution is 5.21. The van der Waals surface area contributed by atoms with Crippen LogP contribution in [0.1, 0.15) is 26.3 Å². The van der Waals surface area contributed by atoms with Crippen molar-refractivity contribution >= 4 is 0 Å². The third kappa shape index (κ3) is 3.96. The second-order valence-electron chi connectivity index (χ2n) is 6.69. The van der Waals surface area contributed by atoms with Crippen LogP contribution in [0.3, 0.4) is 0 Å². The van der Waals surface area contributed by atoms with Gasteiger partial charge in [-0.15, -0.1) is 0 Å². The summed E-state index contributed by atoms with van der Waals surface area (Å²) in [5, 5.41) is 4.17. The van der Waals surface area contributed by atoms with E-state index >= 15 is 0 Å². The Morgan fingerprint density at radius 1 is 1.30 bits per heavy atom. The molecule has 124 valence electrons. The molecular formula is C17H23N3O3. The quantitative estimate of drug-likeness (QED) is 0.847. The molecule has 0 saturated carbocycles. The number of aromatic nitrogens is 3. The SMILES string of the molecule is CC(C)(C)OCC1COC(Cn2cncn2)(c2ccccc2)O1. The van der Waals surface area contributed by atoms with E-state index in [0.717, 1.165) is 5.56 Å². The van der Waals surface area contributed by atoms with Crippen LogP contribution in [0.25, 0.3) is 0 Å². The molecule has 6 heteroatoms. The second kappa shape index (κ2) is 6.39. The number of benzene rings is 1. The molecule has 2 atom stereocenters. The van der Waals surface area contributed by atoms with E-state index in [0.29, 0.717) is 19.8 Å². The van der Waals surface area contributed by atoms with E-state index in [4.69, 9.17) is 14.2 Å². The lowest BCUT2D eigenvalue weighted by molar-refractivity contribution is -0.196. The van der Waals surface area contributed by atoms with E-state index in [9.17, 15) is 0 Å². The number of hydrogen-bond acceptors (Lipinski definition) is 5. The minimum absolute atomic E-state index is 0.113. The summed E-state index contributed by atoms with van der Waals surface area (Å²) in [5.74, 6) is -0.860. The average Bonchev–Trinajstić information content (AvgIpc) is 3.16. The Kier molecular flexibility index (Phi) is 4.48. The first kappa shape index (κ1) is 16.1. The van der Waals surface area contributed by atoms with E-state index in [-0.39, 0.29) is 11.7 Å². The monoisotopic (exact) mass is 317 g/mol. The maximum Gasteiger partial charge on any atom is 0.215 e. The summed E-state index contributed by atoms with van der Waals surface area (Å²) in [6.45, 7) is 7.52. The van der Waals surface area contributed by atoms with Gasteiger partial charge in [0.15, 0.2) is 0 Å². The Labute approximate surface area is 136 Å². The summed E-state index contributed by atoms with van der Waals surface area (Å²) in [7, 11) is 0. The molecule has 1 saturated heterocycles. The van der Waals surface area contributed by atoms with Crippen LogP contribution in [0.2, 0.25) is 0 Å². The van der Waals surface area contributed by atoms with Gasteiger partial charge in [-0.2, -0.15) is 5.10 Å². The fraction of sp³-hybridized carbons (Fsp3) is 0.529. The first-order valence-corrected chi connectivity index (χ1v) is 7.81. The predicted octanol–water partition coefficient (Wildman–Crippen LogP) is 2.36. The smallest absolute Gasteiger partial charge is 0.215 e. The molecule has 2 heterocycles. The summed E-state index contributed by atoms with van der Waals surface area (Å²) in [6.07, 6.45) is 3.06. The number of rotatable bonds is 5. The van der Waals surface area contributed by atoms with Crippen molar-refractivity contribution in [3.8, 4) is 0 Å². The van der Waals surface area contributed by atoms with Gasteiger partial charge in [-0.05, 0) is 20.8 Å². The molecule has 0 spiro atoms. The average molecular weight is 317 g/mol. The van der Waals surface area contributed by atoms with Crippen molar-refractivity contribution in [2.24, 2.45) is 0 Å². The van der Waals surface area contributed by atoms with Crippen LogP contribution < -0.4 is 0 Å². The first-order chi connectivity index (χ1) is 11.0. The molecule has 0 N–H and O–H groups in total. The molecule has 0 radical (unpaired) electrons. The number of nitrogens with zero attached hydrogens (tertiary/aromatic N) is 3. The molecular weight excluding hydrogens is 294 g/mol. The van der Waals surface area contributed by atoms with Gasteiger partial charge in [0.2, 0.25) is 5.79 Å². The van der Waals surface area contributed by atoms with E-state index < -0.39 is 5.79 Å². The van der Waals surface area contributed by atoms with E-state index in [1.54, 1.807) is 11.0 Å². The molecule has 1 aromatic heterocycles. The summed E-state index contributed by atoms with van der Waals surface area (Å²) in [5.41, 5.74) is 0.765. The van der Waals surface area contributed by atoms with Crippen LogP contribution in [0.5, 0.6) is 0 Å². The van der Waals surface area contributed by atoms with E-state index in [1.165, 1.54) is 6.33 Å². The maximum absolute atomic E-state index is 6.27. The minimum Gasteiger partial charge on any atom is -0.373 e. The third-order valence-corrected chi connectivity index (χ3v) is 3.61. The molecule has 0 amide bonds. The Balaban J connectivity index is 1.78. The van der Waals surface area contributed by atoms with Crippen LogP contribution in [-0.4, -0.2) is 39.7 Å². The largest absolute Gasteiger partial charge is 0.373 e. The van der Waals surface area contributed by atoms with Gasteiger partial charge >= 0.3 is 0 Å². The third-order valence-electron chi connectivity index (χ3n) is 3.61. The van der Waals surface area contributed by atoms with E-state index in [1.807, 2.05) is 51.1 Å². The predicted molar refractivity (Wildman–Crippen MR) is 84.7 cm³/mol. The molecule has 0 aliphatic carbocycles. The summed E-state index contributed by atoms with van der Waals surface area (Å²) >= 11 is 0. The molecule has 1 aliphatic heterocycles. The fourth-order valence-corrected chi connectivity index (χ4v) is 2.54. The van der Waals surface area contributed by atoms with Gasteiger partial charge in [-0.25, -0.2) is 9.67 Å². The molecule has 1 aliphatic rings. The van der Waals surface area contributed by atoms with Crippen molar-refractivity contribution in [2.75, 3.05) is 13.2 Å². The zero-order valence-corrected chi connectivity index (χ0v) is 13.8. The van der Waals surface area contributed by atoms with Crippen LogP contribution >= 0.6 is 0 Å². The lowest BCUT2D eigenvalue weighted by Gasteiger charge is -2.29. The Morgan fingerprint density at radius 3 is 2.74 bits per heavy atom. The van der Waals surface area contributed by atoms with Gasteiger partial charge in [-0.1, -0.05) is 30.3 Å². The fourth-order valence-electron chi connectivity index (χ4n) is 2.54. The van der Waals surface area contributed by atoms with Crippen molar-refractivity contribution < 1.29 is 14.2 Å². The highest BCUT2D eigenvalue weighted by Gasteiger charge is 2.44. The molecule has 2 aromatic rings. The highest BCUT2D eigenvalue weighted by atomic mass is 16.8. The van der Waals surface area contributed by atoms with Gasteiger partial charge < -0.3 is 14.2 Å². The van der Waals surface area contributed by atoms with Crippen molar-refractivity contribution in [3.05, 3.63) is 48.5 Å². The van der Waals surface area contributed by atoms with Gasteiger partial charge in [0.05, 0.1) is 18.8 Å². The number of ether oxygens (including phenoxy) is 3. The summed E-state index contributed by atoms with van der Waals surface area (Å²) in [4.78, 5) is 3.99. The zero-order valence-electron chi connectivity index (χ0n) is 13.8. The first-order valence-electron chi connectivity index (χ1n) is 7.81. The van der Waals surface area contributed by atoms with Gasteiger partial charge in [0, 0.05) is 5.56 Å². The Morgan fingerprint density at radius 2 is 2.09 bits per heavy atom. The lowest BCUT2D eigenvalue weighted by Crippen LogP contribution is -2.35. The van der Waals surface area contributed by atoms with E-state index in [2.05, 4.69) is 10.1 Å². The highest BCUT2D eigenvalue weighted by Crippen LogP contribution is 2.36. The van der Waals surface area contributed by atoms with Crippen molar-refractivity contribution in [3.63, 3.8) is 0 Å². The topological polar surface area (TPSA) is 58.4 Å². The second-order valence-corrected chi connectivity index (χ2v) is 6.69. The Bertz CT molecular complexity index is 610. The zero-order chi connectivity index (χ0) is 16.3. The Hall–Kier alpha value is -1.76. The molecule has 1 aromatic carbocycles. The molecule has 3 rings (SSSR count). The van der Waals surface area contributed by atoms with Crippen LogP contribution in [-0.2, 0) is 26.5 Å². The molecule has 23 heavy (non-hydrogen) atoms. The summed E-state index contributed by atoms with van der Waals surface area (Å²) < 4.78 is 19.9. The summed E-state index contributed by atoms with van der Waals surface area (Å²) in [6, 6.07) is 9.93. The lowest BCUT2D eigenvalue weighted by atomic mass is 10.1. The molecule has 6 nitrogen and oxygen atoms in total. The maximum atomic E-state index is 6.27. The standard InChI is InChI=1S/C17H23N3O3/c1-16(2,3)21-9-15-10-22-17(23-15,11-20-13-18-12-19-20)14-7-5-4-6-8-14/h4-8,12-13,15H,9-11H2,1-3H3.